The van der Waals surface area contributed by atoms with E-state index in [1.54, 1.807) is 57.0 Å². The summed E-state index contributed by atoms with van der Waals surface area (Å²) in [5, 5.41) is 3.34. The van der Waals surface area contributed by atoms with E-state index in [1.807, 2.05) is 35.2 Å². The summed E-state index contributed by atoms with van der Waals surface area (Å²) in [5.41, 5.74) is 0.565. The molecule has 2 heterocycles. The van der Waals surface area contributed by atoms with Crippen molar-refractivity contribution in [3.63, 3.8) is 0 Å². The van der Waals surface area contributed by atoms with E-state index in [2.05, 4.69) is 10.3 Å². The number of anilines is 3. The number of benzene rings is 2. The molecule has 1 aliphatic heterocycles. The zero-order valence-electron chi connectivity index (χ0n) is 20.2. The van der Waals surface area contributed by atoms with Crippen LogP contribution in [-0.4, -0.2) is 49.3 Å². The zero-order valence-corrected chi connectivity index (χ0v) is 21.0. The Morgan fingerprint density at radius 2 is 1.71 bits per heavy atom. The number of piperazine rings is 1. The largest absolute Gasteiger partial charge is 0.495 e. The minimum atomic E-state index is -0.660. The SMILES string of the molecule is COc1ccccc1N1CCN(c2nc(NC(=O)C(C)(C)C)c(C(=O)c3ccccc3)s2)CC1=O. The third-order valence-electron chi connectivity index (χ3n) is 5.64. The quantitative estimate of drug-likeness (QED) is 0.518. The third kappa shape index (κ3) is 5.19. The van der Waals surface area contributed by atoms with Gasteiger partial charge in [-0.2, -0.15) is 0 Å². The number of carbonyl (C=O) groups is 3. The first-order valence-corrected chi connectivity index (χ1v) is 12.1. The fraction of sp³-hybridized carbons (Fsp3) is 0.308. The van der Waals surface area contributed by atoms with E-state index in [1.165, 1.54) is 11.3 Å². The molecule has 0 spiro atoms. The molecule has 182 valence electrons. The topological polar surface area (TPSA) is 91.8 Å². The Hall–Kier alpha value is -3.72. The lowest BCUT2D eigenvalue weighted by Gasteiger charge is -2.34. The van der Waals surface area contributed by atoms with Crippen LogP contribution in [0.4, 0.5) is 16.6 Å². The number of ether oxygens (including phenoxy) is 1. The second kappa shape index (κ2) is 9.87. The van der Waals surface area contributed by atoms with E-state index in [0.29, 0.717) is 34.4 Å². The number of hydrogen-bond donors (Lipinski definition) is 1. The molecule has 35 heavy (non-hydrogen) atoms. The van der Waals surface area contributed by atoms with Crippen molar-refractivity contribution in [2.75, 3.05) is 41.9 Å². The zero-order chi connectivity index (χ0) is 25.2. The highest BCUT2D eigenvalue weighted by molar-refractivity contribution is 7.18. The number of amides is 2. The Bertz CT molecular complexity index is 1250. The summed E-state index contributed by atoms with van der Waals surface area (Å²) in [4.78, 5) is 47.5. The Labute approximate surface area is 208 Å². The Kier molecular flexibility index (Phi) is 6.88. The van der Waals surface area contributed by atoms with Gasteiger partial charge in [0.25, 0.3) is 0 Å². The van der Waals surface area contributed by atoms with Crippen LogP contribution >= 0.6 is 11.3 Å². The summed E-state index contributed by atoms with van der Waals surface area (Å²) >= 11 is 1.18. The van der Waals surface area contributed by atoms with Crippen LogP contribution in [0.2, 0.25) is 0 Å². The summed E-state index contributed by atoms with van der Waals surface area (Å²) in [5.74, 6) is 0.281. The lowest BCUT2D eigenvalue weighted by atomic mass is 9.96. The highest BCUT2D eigenvalue weighted by Crippen LogP contribution is 2.35. The van der Waals surface area contributed by atoms with Crippen LogP contribution in [0.3, 0.4) is 0 Å². The summed E-state index contributed by atoms with van der Waals surface area (Å²) in [6.07, 6.45) is 0. The van der Waals surface area contributed by atoms with Gasteiger partial charge < -0.3 is 19.9 Å². The average molecular weight is 493 g/mol. The van der Waals surface area contributed by atoms with Gasteiger partial charge in [0.15, 0.2) is 10.9 Å². The monoisotopic (exact) mass is 492 g/mol. The second-order valence-corrected chi connectivity index (χ2v) is 10.2. The molecule has 0 aliphatic carbocycles. The van der Waals surface area contributed by atoms with Crippen molar-refractivity contribution >= 4 is 45.6 Å². The Morgan fingerprint density at radius 1 is 1.03 bits per heavy atom. The van der Waals surface area contributed by atoms with Crippen LogP contribution in [0.5, 0.6) is 5.75 Å². The molecule has 1 saturated heterocycles. The van der Waals surface area contributed by atoms with Gasteiger partial charge in [0.05, 0.1) is 19.3 Å². The molecule has 1 fully saturated rings. The van der Waals surface area contributed by atoms with Gasteiger partial charge in [-0.15, -0.1) is 0 Å². The van der Waals surface area contributed by atoms with Crippen LogP contribution in [-0.2, 0) is 9.59 Å². The molecule has 0 unspecified atom stereocenters. The predicted molar refractivity (Wildman–Crippen MR) is 138 cm³/mol. The fourth-order valence-corrected chi connectivity index (χ4v) is 4.65. The number of hydrogen-bond acceptors (Lipinski definition) is 7. The first-order chi connectivity index (χ1) is 16.7. The van der Waals surface area contributed by atoms with Crippen molar-refractivity contribution in [2.45, 2.75) is 20.8 Å². The van der Waals surface area contributed by atoms with Crippen molar-refractivity contribution < 1.29 is 19.1 Å². The van der Waals surface area contributed by atoms with Crippen molar-refractivity contribution in [1.29, 1.82) is 0 Å². The minimum Gasteiger partial charge on any atom is -0.495 e. The second-order valence-electron chi connectivity index (χ2n) is 9.21. The van der Waals surface area contributed by atoms with E-state index in [-0.39, 0.29) is 30.0 Å². The number of methoxy groups -OCH3 is 1. The molecule has 3 aromatic rings. The van der Waals surface area contributed by atoms with Crippen LogP contribution < -0.4 is 19.9 Å². The van der Waals surface area contributed by atoms with Gasteiger partial charge in [-0.1, -0.05) is 74.6 Å². The van der Waals surface area contributed by atoms with Crippen LogP contribution in [0.25, 0.3) is 0 Å². The highest BCUT2D eigenvalue weighted by Gasteiger charge is 2.31. The van der Waals surface area contributed by atoms with Gasteiger partial charge in [-0.05, 0) is 12.1 Å². The van der Waals surface area contributed by atoms with Gasteiger partial charge in [-0.3, -0.25) is 14.4 Å². The molecule has 1 aliphatic rings. The standard InChI is InChI=1S/C26H28N4O4S/c1-26(2,3)24(33)27-23-22(21(32)17-10-6-5-7-11-17)35-25(28-23)29-14-15-30(20(31)16-29)18-12-8-9-13-19(18)34-4/h5-13H,14-16H2,1-4H3,(H,27,33). The van der Waals surface area contributed by atoms with E-state index in [9.17, 15) is 14.4 Å². The molecule has 2 amide bonds. The maximum absolute atomic E-state index is 13.3. The lowest BCUT2D eigenvalue weighted by Crippen LogP contribution is -2.50. The molecule has 0 atom stereocenters. The number of carbonyl (C=O) groups excluding carboxylic acids is 3. The summed E-state index contributed by atoms with van der Waals surface area (Å²) in [7, 11) is 1.58. The molecule has 0 saturated carbocycles. The summed E-state index contributed by atoms with van der Waals surface area (Å²) in [6, 6.07) is 16.3. The predicted octanol–water partition coefficient (Wildman–Crippen LogP) is 4.22. The van der Waals surface area contributed by atoms with Gasteiger partial charge >= 0.3 is 0 Å². The molecule has 9 heteroatoms. The van der Waals surface area contributed by atoms with Crippen molar-refractivity contribution in [1.82, 2.24) is 4.98 Å². The van der Waals surface area contributed by atoms with E-state index in [4.69, 9.17) is 4.74 Å². The third-order valence-corrected chi connectivity index (χ3v) is 6.75. The molecule has 1 aromatic heterocycles. The van der Waals surface area contributed by atoms with Crippen molar-refractivity contribution in [2.24, 2.45) is 5.41 Å². The highest BCUT2D eigenvalue weighted by atomic mass is 32.1. The first-order valence-electron chi connectivity index (χ1n) is 11.3. The van der Waals surface area contributed by atoms with Crippen LogP contribution in [0.1, 0.15) is 36.0 Å². The number of aromatic nitrogens is 1. The molecular formula is C26H28N4O4S. The van der Waals surface area contributed by atoms with Crippen molar-refractivity contribution in [3.8, 4) is 5.75 Å². The maximum Gasteiger partial charge on any atom is 0.246 e. The fourth-order valence-electron chi connectivity index (χ4n) is 3.64. The van der Waals surface area contributed by atoms with E-state index >= 15 is 0 Å². The lowest BCUT2D eigenvalue weighted by molar-refractivity contribution is -0.123. The van der Waals surface area contributed by atoms with Crippen molar-refractivity contribution in [3.05, 3.63) is 65.0 Å². The minimum absolute atomic E-state index is 0.0944. The van der Waals surface area contributed by atoms with Crippen LogP contribution in [0.15, 0.2) is 54.6 Å². The number of nitrogens with zero attached hydrogens (tertiary/aromatic N) is 3. The maximum atomic E-state index is 13.3. The number of ketones is 1. The average Bonchev–Trinajstić information content (AvgIpc) is 3.27. The number of thiazole rings is 1. The molecule has 4 rings (SSSR count). The number of nitrogens with one attached hydrogen (secondary N) is 1. The Morgan fingerprint density at radius 3 is 2.37 bits per heavy atom. The molecule has 1 N–H and O–H groups in total. The van der Waals surface area contributed by atoms with Gasteiger partial charge in [-0.25, -0.2) is 4.98 Å². The van der Waals surface area contributed by atoms with Gasteiger partial charge in [0, 0.05) is 24.1 Å². The van der Waals surface area contributed by atoms with Crippen LogP contribution in [0, 0.1) is 5.41 Å². The molecule has 8 nitrogen and oxygen atoms in total. The normalized spacial score (nSPS) is 14.1. The molecular weight excluding hydrogens is 464 g/mol. The van der Waals surface area contributed by atoms with E-state index < -0.39 is 5.41 Å². The van der Waals surface area contributed by atoms with Gasteiger partial charge in [0.2, 0.25) is 17.6 Å². The summed E-state index contributed by atoms with van der Waals surface area (Å²) in [6.45, 7) is 6.43. The number of rotatable bonds is 6. The molecule has 0 radical (unpaired) electrons. The molecule has 2 aromatic carbocycles. The first kappa shape index (κ1) is 24.4. The smallest absolute Gasteiger partial charge is 0.246 e. The Balaban J connectivity index is 1.62. The van der Waals surface area contributed by atoms with Gasteiger partial charge in [0.1, 0.15) is 10.6 Å². The molecule has 0 bridgehead atoms. The van der Waals surface area contributed by atoms with E-state index in [0.717, 1.165) is 5.69 Å². The number of para-hydroxylation sites is 2. The summed E-state index contributed by atoms with van der Waals surface area (Å²) < 4.78 is 5.41.